The number of imide groups is 1. The summed E-state index contributed by atoms with van der Waals surface area (Å²) in [5, 5.41) is 0. The van der Waals surface area contributed by atoms with Crippen LogP contribution in [0, 0.1) is 11.8 Å². The van der Waals surface area contributed by atoms with Crippen molar-refractivity contribution in [3.8, 4) is 5.75 Å². The maximum absolute atomic E-state index is 13.4. The highest BCUT2D eigenvalue weighted by molar-refractivity contribution is 6.10. The fourth-order valence-corrected chi connectivity index (χ4v) is 5.18. The van der Waals surface area contributed by atoms with Gasteiger partial charge in [-0.15, -0.1) is 0 Å². The van der Waals surface area contributed by atoms with Gasteiger partial charge in [0.05, 0.1) is 30.2 Å². The molecule has 0 unspecified atom stereocenters. The molecule has 6 nitrogen and oxygen atoms in total. The van der Waals surface area contributed by atoms with Crippen LogP contribution in [-0.2, 0) is 14.4 Å². The fraction of sp³-hybridized carbons (Fsp3) is 0.522. The Morgan fingerprint density at radius 2 is 1.76 bits per heavy atom. The van der Waals surface area contributed by atoms with Crippen LogP contribution in [0.3, 0.4) is 0 Å². The number of rotatable bonds is 3. The maximum atomic E-state index is 13.4. The number of nitrogens with zero attached hydrogens (tertiary/aromatic N) is 2. The van der Waals surface area contributed by atoms with E-state index in [9.17, 15) is 14.4 Å². The first kappa shape index (κ1) is 19.7. The molecule has 0 bridgehead atoms. The second-order valence-electron chi connectivity index (χ2n) is 8.85. The lowest BCUT2D eigenvalue weighted by Gasteiger charge is -2.42. The van der Waals surface area contributed by atoms with Crippen LogP contribution < -0.4 is 9.64 Å². The molecule has 154 valence electrons. The summed E-state index contributed by atoms with van der Waals surface area (Å²) in [6.07, 6.45) is 5.49. The van der Waals surface area contributed by atoms with Gasteiger partial charge >= 0.3 is 0 Å². The number of carbonyl (C=O) groups excluding carboxylic acids is 3. The summed E-state index contributed by atoms with van der Waals surface area (Å²) in [4.78, 5) is 42.0. The summed E-state index contributed by atoms with van der Waals surface area (Å²) in [7, 11) is 1.61. The van der Waals surface area contributed by atoms with Crippen LogP contribution >= 0.6 is 0 Å². The normalized spacial score (nSPS) is 25.4. The Labute approximate surface area is 171 Å². The van der Waals surface area contributed by atoms with E-state index in [4.69, 9.17) is 4.74 Å². The number of likely N-dealkylation sites (tertiary alicyclic amines) is 1. The monoisotopic (exact) mass is 396 g/mol. The van der Waals surface area contributed by atoms with Crippen LogP contribution in [0.25, 0.3) is 5.57 Å². The predicted molar refractivity (Wildman–Crippen MR) is 110 cm³/mol. The van der Waals surface area contributed by atoms with Gasteiger partial charge in [-0.05, 0) is 57.4 Å². The molecule has 29 heavy (non-hydrogen) atoms. The van der Waals surface area contributed by atoms with Gasteiger partial charge in [-0.3, -0.25) is 19.3 Å². The average molecular weight is 396 g/mol. The molecule has 2 atom stereocenters. The number of hydrogen-bond acceptors (Lipinski definition) is 4. The second-order valence-corrected chi connectivity index (χ2v) is 8.85. The van der Waals surface area contributed by atoms with Gasteiger partial charge in [-0.25, -0.2) is 0 Å². The number of amides is 3. The van der Waals surface area contributed by atoms with E-state index in [2.05, 4.69) is 0 Å². The first-order chi connectivity index (χ1) is 13.7. The van der Waals surface area contributed by atoms with Crippen molar-refractivity contribution in [1.82, 2.24) is 4.90 Å². The Balaban J connectivity index is 1.65. The number of fused-ring (bicyclic) bond motifs is 2. The van der Waals surface area contributed by atoms with E-state index < -0.39 is 5.54 Å². The molecule has 1 saturated heterocycles. The van der Waals surface area contributed by atoms with Crippen molar-refractivity contribution in [2.24, 2.45) is 11.8 Å². The lowest BCUT2D eigenvalue weighted by Crippen LogP contribution is -2.53. The average Bonchev–Trinajstić information content (AvgIpc) is 2.92. The van der Waals surface area contributed by atoms with Gasteiger partial charge in [0.25, 0.3) is 0 Å². The number of ether oxygens (including phenoxy) is 1. The number of carbonyl (C=O) groups is 3. The Bertz CT molecular complexity index is 893. The summed E-state index contributed by atoms with van der Waals surface area (Å²) < 4.78 is 5.34. The number of allylic oxidation sites excluding steroid dienone is 1. The standard InChI is InChI=1S/C23H28N2O4/c1-14-12-23(2,3)25(19-10-9-15(29-4)11-18(14)19)20(26)13-24-21(27)16-7-5-6-8-17(16)22(24)28/h9-12,16-17H,5-8,13H2,1-4H3/t16-,17+. The van der Waals surface area contributed by atoms with Crippen LogP contribution in [-0.4, -0.2) is 41.8 Å². The van der Waals surface area contributed by atoms with E-state index in [1.807, 2.05) is 45.0 Å². The van der Waals surface area contributed by atoms with Crippen molar-refractivity contribution in [3.63, 3.8) is 0 Å². The largest absolute Gasteiger partial charge is 0.497 e. The minimum Gasteiger partial charge on any atom is -0.497 e. The molecule has 3 aliphatic rings. The highest BCUT2D eigenvalue weighted by Crippen LogP contribution is 2.42. The van der Waals surface area contributed by atoms with E-state index >= 15 is 0 Å². The van der Waals surface area contributed by atoms with E-state index in [0.717, 1.165) is 48.3 Å². The number of benzene rings is 1. The Kier molecular flexibility index (Phi) is 4.75. The van der Waals surface area contributed by atoms with E-state index in [1.54, 1.807) is 12.0 Å². The van der Waals surface area contributed by atoms with Crippen molar-refractivity contribution in [2.75, 3.05) is 18.6 Å². The van der Waals surface area contributed by atoms with Crippen LogP contribution in [0.5, 0.6) is 5.75 Å². The van der Waals surface area contributed by atoms with Gasteiger partial charge in [-0.1, -0.05) is 18.9 Å². The fourth-order valence-electron chi connectivity index (χ4n) is 5.18. The molecule has 0 N–H and O–H groups in total. The van der Waals surface area contributed by atoms with Gasteiger partial charge in [-0.2, -0.15) is 0 Å². The molecule has 2 aliphatic heterocycles. The molecule has 6 heteroatoms. The Hall–Kier alpha value is -2.63. The van der Waals surface area contributed by atoms with Crippen LogP contribution in [0.15, 0.2) is 24.3 Å². The minimum atomic E-state index is -0.568. The molecule has 1 aromatic rings. The van der Waals surface area contributed by atoms with Crippen molar-refractivity contribution < 1.29 is 19.1 Å². The highest BCUT2D eigenvalue weighted by atomic mass is 16.5. The highest BCUT2D eigenvalue weighted by Gasteiger charge is 2.49. The third kappa shape index (κ3) is 3.15. The second kappa shape index (κ2) is 7.01. The smallest absolute Gasteiger partial charge is 0.247 e. The SMILES string of the molecule is COc1ccc2c(c1)C(C)=CC(C)(C)N2C(=O)CN1C(=O)[C@H]2CCCC[C@H]2C1=O. The van der Waals surface area contributed by atoms with E-state index in [-0.39, 0.29) is 36.1 Å². The van der Waals surface area contributed by atoms with E-state index in [1.165, 1.54) is 4.90 Å². The lowest BCUT2D eigenvalue weighted by molar-refractivity contribution is -0.143. The summed E-state index contributed by atoms with van der Waals surface area (Å²) in [5.41, 5.74) is 2.19. The van der Waals surface area contributed by atoms with Crippen LogP contribution in [0.1, 0.15) is 52.0 Å². The molecule has 3 amide bonds. The zero-order valence-electron chi connectivity index (χ0n) is 17.5. The zero-order valence-corrected chi connectivity index (χ0v) is 17.5. The lowest BCUT2D eigenvalue weighted by atomic mass is 9.81. The van der Waals surface area contributed by atoms with Gasteiger partial charge < -0.3 is 9.64 Å². The molecule has 0 radical (unpaired) electrons. The van der Waals surface area contributed by atoms with Crippen molar-refractivity contribution in [2.45, 2.75) is 52.0 Å². The molecule has 2 heterocycles. The molecule has 0 aromatic heterocycles. The minimum absolute atomic E-state index is 0.176. The van der Waals surface area contributed by atoms with Crippen molar-refractivity contribution >= 4 is 29.0 Å². The number of anilines is 1. The summed E-state index contributed by atoms with van der Waals surface area (Å²) in [6.45, 7) is 5.75. The number of hydrogen-bond donors (Lipinski definition) is 0. The molecule has 1 aromatic carbocycles. The summed E-state index contributed by atoms with van der Waals surface area (Å²) >= 11 is 0. The van der Waals surface area contributed by atoms with E-state index in [0.29, 0.717) is 0 Å². The first-order valence-corrected chi connectivity index (χ1v) is 10.3. The Morgan fingerprint density at radius 3 is 2.34 bits per heavy atom. The van der Waals surface area contributed by atoms with Gasteiger partial charge in [0.15, 0.2) is 0 Å². The predicted octanol–water partition coefficient (Wildman–Crippen LogP) is 3.40. The van der Waals surface area contributed by atoms with Gasteiger partial charge in [0, 0.05) is 5.56 Å². The quantitative estimate of drug-likeness (QED) is 0.735. The van der Waals surface area contributed by atoms with Gasteiger partial charge in [0.2, 0.25) is 17.7 Å². The molecular formula is C23H28N2O4. The molecule has 1 saturated carbocycles. The molecule has 0 spiro atoms. The summed E-state index contributed by atoms with van der Waals surface area (Å²) in [5.74, 6) is -0.355. The van der Waals surface area contributed by atoms with Gasteiger partial charge in [0.1, 0.15) is 12.3 Å². The van der Waals surface area contributed by atoms with Crippen molar-refractivity contribution in [3.05, 3.63) is 29.8 Å². The molecule has 1 aliphatic carbocycles. The summed E-state index contributed by atoms with van der Waals surface area (Å²) in [6, 6.07) is 5.61. The molecule has 2 fully saturated rings. The Morgan fingerprint density at radius 1 is 1.14 bits per heavy atom. The topological polar surface area (TPSA) is 66.9 Å². The zero-order chi connectivity index (χ0) is 20.9. The van der Waals surface area contributed by atoms with Crippen molar-refractivity contribution in [1.29, 1.82) is 0 Å². The van der Waals surface area contributed by atoms with Crippen LogP contribution in [0.4, 0.5) is 5.69 Å². The molecular weight excluding hydrogens is 368 g/mol. The maximum Gasteiger partial charge on any atom is 0.247 e. The van der Waals surface area contributed by atoms with Crippen LogP contribution in [0.2, 0.25) is 0 Å². The third-order valence-electron chi connectivity index (χ3n) is 6.49. The first-order valence-electron chi connectivity index (χ1n) is 10.3. The molecule has 4 rings (SSSR count). The number of methoxy groups -OCH3 is 1. The third-order valence-corrected chi connectivity index (χ3v) is 6.49.